The third kappa shape index (κ3) is 3.30. The highest BCUT2D eigenvalue weighted by Crippen LogP contribution is 2.34. The van der Waals surface area contributed by atoms with Gasteiger partial charge >= 0.3 is 5.97 Å². The minimum atomic E-state index is -0.805. The first kappa shape index (κ1) is 17.3. The van der Waals surface area contributed by atoms with Gasteiger partial charge in [0.1, 0.15) is 30.2 Å². The summed E-state index contributed by atoms with van der Waals surface area (Å²) in [6.07, 6.45) is 4.10. The minimum absolute atomic E-state index is 0.0996. The number of carboxylic acid groups (broad SMARTS) is 1. The fourth-order valence-electron chi connectivity index (χ4n) is 3.25. The summed E-state index contributed by atoms with van der Waals surface area (Å²) < 4.78 is 9.81. The highest BCUT2D eigenvalue weighted by atomic mass is 16.5. The van der Waals surface area contributed by atoms with Crippen LogP contribution in [0.4, 0.5) is 0 Å². The summed E-state index contributed by atoms with van der Waals surface area (Å²) in [5.41, 5.74) is 2.61. The van der Waals surface area contributed by atoms with Crippen molar-refractivity contribution in [2.45, 2.75) is 39.3 Å². The van der Waals surface area contributed by atoms with Gasteiger partial charge in [0, 0.05) is 18.7 Å². The molecule has 140 valence electrons. The molecule has 4 rings (SSSR count). The topological polar surface area (TPSA) is 95.1 Å². The van der Waals surface area contributed by atoms with E-state index in [1.54, 1.807) is 6.33 Å². The lowest BCUT2D eigenvalue weighted by molar-refractivity contribution is -0.136. The molecule has 0 radical (unpaired) electrons. The Morgan fingerprint density at radius 3 is 2.96 bits per heavy atom. The molecule has 3 heterocycles. The van der Waals surface area contributed by atoms with E-state index in [1.165, 1.54) is 0 Å². The van der Waals surface area contributed by atoms with E-state index in [-0.39, 0.29) is 12.5 Å². The standard InChI is InChI=1S/C19H21N5O3/c1-12(2)24-19(20-11-21-24)15-10-23-7-8-27-16-9-13(4-6-17(25)26)3-5-14(16)18(23)22-15/h3,5,9-12H,4,6-8H2,1-2H3,(H,25,26). The number of rotatable bonds is 5. The molecule has 0 bridgehead atoms. The number of aromatic nitrogens is 5. The number of carboxylic acids is 1. The number of hydrogen-bond donors (Lipinski definition) is 1. The van der Waals surface area contributed by atoms with Crippen LogP contribution in [0.3, 0.4) is 0 Å². The van der Waals surface area contributed by atoms with Gasteiger partial charge in [-0.2, -0.15) is 5.10 Å². The van der Waals surface area contributed by atoms with Gasteiger partial charge in [0.25, 0.3) is 0 Å². The van der Waals surface area contributed by atoms with E-state index in [1.807, 2.05) is 29.1 Å². The van der Waals surface area contributed by atoms with Gasteiger partial charge in [0.05, 0.1) is 12.1 Å². The van der Waals surface area contributed by atoms with Crippen LogP contribution in [-0.2, 0) is 17.8 Å². The van der Waals surface area contributed by atoms with Gasteiger partial charge in [-0.1, -0.05) is 6.07 Å². The zero-order valence-electron chi connectivity index (χ0n) is 15.3. The van der Waals surface area contributed by atoms with Gasteiger partial charge in [-0.3, -0.25) is 4.79 Å². The number of fused-ring (bicyclic) bond motifs is 3. The Balaban J connectivity index is 1.72. The van der Waals surface area contributed by atoms with Crippen LogP contribution >= 0.6 is 0 Å². The first-order chi connectivity index (χ1) is 13.0. The smallest absolute Gasteiger partial charge is 0.303 e. The van der Waals surface area contributed by atoms with Crippen LogP contribution in [0.5, 0.6) is 5.75 Å². The number of ether oxygens (including phenoxy) is 1. The van der Waals surface area contributed by atoms with Crippen molar-refractivity contribution < 1.29 is 14.6 Å². The lowest BCUT2D eigenvalue weighted by Gasteiger charge is -2.09. The molecule has 0 spiro atoms. The fourth-order valence-corrected chi connectivity index (χ4v) is 3.25. The molecule has 0 amide bonds. The molecule has 1 N–H and O–H groups in total. The summed E-state index contributed by atoms with van der Waals surface area (Å²) in [5, 5.41) is 13.2. The molecular formula is C19H21N5O3. The zero-order chi connectivity index (χ0) is 19.0. The molecule has 0 saturated heterocycles. The second kappa shape index (κ2) is 6.86. The quantitative estimate of drug-likeness (QED) is 0.745. The van der Waals surface area contributed by atoms with E-state index in [2.05, 4.69) is 28.5 Å². The number of nitrogens with zero attached hydrogens (tertiary/aromatic N) is 5. The second-order valence-corrected chi connectivity index (χ2v) is 6.84. The summed E-state index contributed by atoms with van der Waals surface area (Å²) in [4.78, 5) is 20.0. The van der Waals surface area contributed by atoms with Crippen LogP contribution in [0.1, 0.15) is 31.9 Å². The van der Waals surface area contributed by atoms with Crippen molar-refractivity contribution in [1.29, 1.82) is 0 Å². The van der Waals surface area contributed by atoms with E-state index in [9.17, 15) is 4.79 Å². The van der Waals surface area contributed by atoms with Gasteiger partial charge in [0.15, 0.2) is 5.82 Å². The summed E-state index contributed by atoms with van der Waals surface area (Å²) in [6, 6.07) is 5.99. The minimum Gasteiger partial charge on any atom is -0.491 e. The van der Waals surface area contributed by atoms with Gasteiger partial charge in [-0.05, 0) is 38.0 Å². The molecule has 1 aliphatic heterocycles. The van der Waals surface area contributed by atoms with Crippen LogP contribution < -0.4 is 4.74 Å². The maximum atomic E-state index is 10.8. The van der Waals surface area contributed by atoms with E-state index >= 15 is 0 Å². The van der Waals surface area contributed by atoms with Crippen molar-refractivity contribution in [3.63, 3.8) is 0 Å². The number of aryl methyl sites for hydroxylation is 1. The summed E-state index contributed by atoms with van der Waals surface area (Å²) in [5.74, 6) is 1.49. The average molecular weight is 367 g/mol. The Bertz CT molecular complexity index is 989. The van der Waals surface area contributed by atoms with E-state index in [4.69, 9.17) is 14.8 Å². The summed E-state index contributed by atoms with van der Waals surface area (Å²) in [7, 11) is 0. The zero-order valence-corrected chi connectivity index (χ0v) is 15.3. The molecule has 8 heteroatoms. The Kier molecular flexibility index (Phi) is 4.39. The van der Waals surface area contributed by atoms with Crippen molar-refractivity contribution in [2.24, 2.45) is 0 Å². The van der Waals surface area contributed by atoms with E-state index in [0.29, 0.717) is 19.6 Å². The molecule has 2 aromatic heterocycles. The van der Waals surface area contributed by atoms with Crippen LogP contribution in [0.25, 0.3) is 22.9 Å². The predicted octanol–water partition coefficient (Wildman–Crippen LogP) is 2.80. The lowest BCUT2D eigenvalue weighted by atomic mass is 10.1. The monoisotopic (exact) mass is 367 g/mol. The fraction of sp³-hybridized carbons (Fsp3) is 0.368. The van der Waals surface area contributed by atoms with Gasteiger partial charge in [-0.25, -0.2) is 14.6 Å². The summed E-state index contributed by atoms with van der Waals surface area (Å²) in [6.45, 7) is 5.31. The molecule has 0 fully saturated rings. The predicted molar refractivity (Wildman–Crippen MR) is 98.5 cm³/mol. The second-order valence-electron chi connectivity index (χ2n) is 6.84. The molecule has 1 aromatic carbocycles. The molecule has 0 aliphatic carbocycles. The number of carbonyl (C=O) groups is 1. The molecular weight excluding hydrogens is 346 g/mol. The van der Waals surface area contributed by atoms with Crippen LogP contribution in [0, 0.1) is 0 Å². The maximum Gasteiger partial charge on any atom is 0.303 e. The molecule has 27 heavy (non-hydrogen) atoms. The first-order valence-corrected chi connectivity index (χ1v) is 8.98. The molecule has 1 aliphatic rings. The van der Waals surface area contributed by atoms with Gasteiger partial charge in [-0.15, -0.1) is 0 Å². The van der Waals surface area contributed by atoms with E-state index < -0.39 is 5.97 Å². The highest BCUT2D eigenvalue weighted by Gasteiger charge is 2.21. The molecule has 0 atom stereocenters. The normalized spacial score (nSPS) is 13.0. The third-order valence-corrected chi connectivity index (χ3v) is 4.57. The van der Waals surface area contributed by atoms with Crippen molar-refractivity contribution in [3.8, 4) is 28.7 Å². The molecule has 0 unspecified atom stereocenters. The first-order valence-electron chi connectivity index (χ1n) is 8.98. The Labute approximate surface area is 156 Å². The Morgan fingerprint density at radius 1 is 1.33 bits per heavy atom. The van der Waals surface area contributed by atoms with Crippen LogP contribution in [0.15, 0.2) is 30.7 Å². The Hall–Kier alpha value is -3.16. The molecule has 8 nitrogen and oxygen atoms in total. The van der Waals surface area contributed by atoms with Crippen LogP contribution in [-0.4, -0.2) is 42.0 Å². The highest BCUT2D eigenvalue weighted by molar-refractivity contribution is 5.70. The van der Waals surface area contributed by atoms with Gasteiger partial charge in [0.2, 0.25) is 0 Å². The Morgan fingerprint density at radius 2 is 2.19 bits per heavy atom. The van der Waals surface area contributed by atoms with Crippen molar-refractivity contribution >= 4 is 5.97 Å². The van der Waals surface area contributed by atoms with Crippen molar-refractivity contribution in [1.82, 2.24) is 24.3 Å². The SMILES string of the molecule is CC(C)n1ncnc1-c1cn2c(n1)-c1ccc(CCC(=O)O)cc1OCC2. The number of aliphatic carboxylic acids is 1. The lowest BCUT2D eigenvalue weighted by Crippen LogP contribution is -2.06. The number of benzene rings is 1. The van der Waals surface area contributed by atoms with Crippen molar-refractivity contribution in [2.75, 3.05) is 6.61 Å². The maximum absolute atomic E-state index is 10.8. The number of hydrogen-bond acceptors (Lipinski definition) is 5. The summed E-state index contributed by atoms with van der Waals surface area (Å²) >= 11 is 0. The average Bonchev–Trinajstić information content (AvgIpc) is 3.24. The number of imidazole rings is 1. The largest absolute Gasteiger partial charge is 0.491 e. The van der Waals surface area contributed by atoms with E-state index in [0.717, 1.165) is 34.2 Å². The third-order valence-electron chi connectivity index (χ3n) is 4.57. The molecule has 0 saturated carbocycles. The molecule has 3 aromatic rings. The van der Waals surface area contributed by atoms with Gasteiger partial charge < -0.3 is 14.4 Å². The van der Waals surface area contributed by atoms with Crippen molar-refractivity contribution in [3.05, 3.63) is 36.3 Å². The van der Waals surface area contributed by atoms with Crippen LogP contribution in [0.2, 0.25) is 0 Å².